The summed E-state index contributed by atoms with van der Waals surface area (Å²) in [5.41, 5.74) is 3.14. The molecule has 3 aromatic rings. The van der Waals surface area contributed by atoms with Crippen LogP contribution in [0.1, 0.15) is 56.3 Å². The highest BCUT2D eigenvalue weighted by Gasteiger charge is 2.27. The SMILES string of the molecule is CCn1nnc2cc(C(=O)O[C@@H](C)C(=O)c3[nH]c(C)c(C(=O)OC)c3C)ccc21. The molecule has 152 valence electrons. The molecule has 1 N–H and O–H groups in total. The Morgan fingerprint density at radius 1 is 1.21 bits per heavy atom. The van der Waals surface area contributed by atoms with E-state index in [0.29, 0.717) is 28.9 Å². The Labute approximate surface area is 167 Å². The van der Waals surface area contributed by atoms with Crippen LogP contribution in [0.3, 0.4) is 0 Å². The van der Waals surface area contributed by atoms with Gasteiger partial charge in [-0.2, -0.15) is 0 Å². The standard InChI is InChI=1S/C20H22N4O5/c1-6-24-15-8-7-13(9-14(15)22-23-24)19(26)29-12(4)18(25)17-10(2)16(11(3)21-17)20(27)28-5/h7-9,12,21H,6H2,1-5H3/t12-/m0/s1. The normalized spacial score (nSPS) is 12.0. The number of ether oxygens (including phenoxy) is 2. The number of hydrogen-bond donors (Lipinski definition) is 1. The van der Waals surface area contributed by atoms with Crippen molar-refractivity contribution in [2.45, 2.75) is 40.3 Å². The summed E-state index contributed by atoms with van der Waals surface area (Å²) in [5, 5.41) is 8.04. The number of nitrogens with one attached hydrogen (secondary N) is 1. The lowest BCUT2D eigenvalue weighted by Gasteiger charge is -2.12. The zero-order valence-electron chi connectivity index (χ0n) is 16.9. The number of Topliss-reactive ketones (excluding diaryl/α,β-unsaturated/α-hetero) is 1. The van der Waals surface area contributed by atoms with Crippen LogP contribution < -0.4 is 0 Å². The predicted octanol–water partition coefficient (Wildman–Crippen LogP) is 2.61. The summed E-state index contributed by atoms with van der Waals surface area (Å²) >= 11 is 0. The Balaban J connectivity index is 1.79. The molecule has 0 aliphatic heterocycles. The van der Waals surface area contributed by atoms with Crippen molar-refractivity contribution in [2.75, 3.05) is 7.11 Å². The number of aromatic nitrogens is 4. The van der Waals surface area contributed by atoms with Gasteiger partial charge in [-0.25, -0.2) is 14.3 Å². The monoisotopic (exact) mass is 398 g/mol. The van der Waals surface area contributed by atoms with Gasteiger partial charge in [0.2, 0.25) is 5.78 Å². The number of hydrogen-bond acceptors (Lipinski definition) is 7. The van der Waals surface area contributed by atoms with Gasteiger partial charge in [-0.15, -0.1) is 5.10 Å². The van der Waals surface area contributed by atoms with Gasteiger partial charge in [0.15, 0.2) is 6.10 Å². The topological polar surface area (TPSA) is 116 Å². The molecule has 9 nitrogen and oxygen atoms in total. The first-order chi connectivity index (χ1) is 13.8. The fraction of sp³-hybridized carbons (Fsp3) is 0.350. The zero-order chi connectivity index (χ0) is 21.3. The number of aromatic amines is 1. The number of nitrogens with zero attached hydrogens (tertiary/aromatic N) is 3. The molecule has 0 radical (unpaired) electrons. The highest BCUT2D eigenvalue weighted by atomic mass is 16.5. The lowest BCUT2D eigenvalue weighted by atomic mass is 10.1. The second-order valence-corrected chi connectivity index (χ2v) is 6.64. The van der Waals surface area contributed by atoms with E-state index in [1.165, 1.54) is 14.0 Å². The lowest BCUT2D eigenvalue weighted by Crippen LogP contribution is -2.25. The molecule has 3 rings (SSSR count). The Morgan fingerprint density at radius 3 is 2.59 bits per heavy atom. The molecular formula is C20H22N4O5. The van der Waals surface area contributed by atoms with Gasteiger partial charge in [-0.3, -0.25) is 4.79 Å². The molecule has 0 aliphatic carbocycles. The van der Waals surface area contributed by atoms with Crippen LogP contribution in [0.25, 0.3) is 11.0 Å². The van der Waals surface area contributed by atoms with Crippen molar-refractivity contribution >= 4 is 28.8 Å². The number of carbonyl (C=O) groups is 3. The number of benzene rings is 1. The molecule has 0 saturated carbocycles. The third kappa shape index (κ3) is 3.63. The fourth-order valence-corrected chi connectivity index (χ4v) is 3.22. The van der Waals surface area contributed by atoms with E-state index < -0.39 is 23.8 Å². The quantitative estimate of drug-likeness (QED) is 0.501. The summed E-state index contributed by atoms with van der Waals surface area (Å²) in [5.74, 6) is -1.62. The molecule has 0 saturated heterocycles. The molecule has 2 aromatic heterocycles. The van der Waals surface area contributed by atoms with Crippen LogP contribution in [0.5, 0.6) is 0 Å². The molecule has 0 spiro atoms. The summed E-state index contributed by atoms with van der Waals surface area (Å²) in [6, 6.07) is 4.92. The average Bonchev–Trinajstić information content (AvgIpc) is 3.26. The third-order valence-electron chi connectivity index (χ3n) is 4.78. The molecule has 29 heavy (non-hydrogen) atoms. The smallest absolute Gasteiger partial charge is 0.339 e. The van der Waals surface area contributed by atoms with E-state index in [1.54, 1.807) is 36.7 Å². The summed E-state index contributed by atoms with van der Waals surface area (Å²) in [7, 11) is 1.27. The van der Waals surface area contributed by atoms with Crippen LogP contribution in [0, 0.1) is 13.8 Å². The summed E-state index contributed by atoms with van der Waals surface area (Å²) in [4.78, 5) is 40.1. The van der Waals surface area contributed by atoms with Gasteiger partial charge in [0.05, 0.1) is 29.4 Å². The van der Waals surface area contributed by atoms with Crippen LogP contribution in [0.15, 0.2) is 18.2 Å². The highest BCUT2D eigenvalue weighted by molar-refractivity contribution is 6.04. The third-order valence-corrected chi connectivity index (χ3v) is 4.78. The molecule has 0 bridgehead atoms. The molecule has 1 atom stereocenters. The average molecular weight is 398 g/mol. The number of fused-ring (bicyclic) bond motifs is 1. The summed E-state index contributed by atoms with van der Waals surface area (Å²) in [6.07, 6.45) is -1.05. The van der Waals surface area contributed by atoms with E-state index in [0.717, 1.165) is 5.52 Å². The Bertz CT molecular complexity index is 1110. The molecule has 2 heterocycles. The maximum absolute atomic E-state index is 12.8. The molecule has 0 amide bonds. The number of carbonyl (C=O) groups excluding carboxylic acids is 3. The van der Waals surface area contributed by atoms with Gasteiger partial charge in [-0.05, 0) is 51.5 Å². The van der Waals surface area contributed by atoms with Crippen molar-refractivity contribution < 1.29 is 23.9 Å². The minimum absolute atomic E-state index is 0.213. The van der Waals surface area contributed by atoms with Crippen LogP contribution in [0.4, 0.5) is 0 Å². The first-order valence-electron chi connectivity index (χ1n) is 9.14. The van der Waals surface area contributed by atoms with E-state index in [4.69, 9.17) is 9.47 Å². The Morgan fingerprint density at radius 2 is 1.93 bits per heavy atom. The lowest BCUT2D eigenvalue weighted by molar-refractivity contribution is 0.0317. The van der Waals surface area contributed by atoms with Gasteiger partial charge in [0, 0.05) is 12.2 Å². The molecule has 9 heteroatoms. The van der Waals surface area contributed by atoms with Gasteiger partial charge < -0.3 is 14.5 Å². The number of aryl methyl sites for hydroxylation is 2. The van der Waals surface area contributed by atoms with Crippen molar-refractivity contribution in [1.82, 2.24) is 20.0 Å². The van der Waals surface area contributed by atoms with E-state index in [-0.39, 0.29) is 11.3 Å². The van der Waals surface area contributed by atoms with E-state index >= 15 is 0 Å². The first kappa shape index (κ1) is 20.2. The van der Waals surface area contributed by atoms with Crippen LogP contribution in [-0.4, -0.2) is 50.9 Å². The molecule has 1 aromatic carbocycles. The second-order valence-electron chi connectivity index (χ2n) is 6.64. The summed E-state index contributed by atoms with van der Waals surface area (Å²) < 4.78 is 11.8. The van der Waals surface area contributed by atoms with Gasteiger partial charge in [-0.1, -0.05) is 5.21 Å². The first-order valence-corrected chi connectivity index (χ1v) is 9.14. The minimum Gasteiger partial charge on any atom is -0.465 e. The molecule has 0 aliphatic rings. The second kappa shape index (κ2) is 7.86. The fourth-order valence-electron chi connectivity index (χ4n) is 3.22. The maximum Gasteiger partial charge on any atom is 0.339 e. The molecule has 0 unspecified atom stereocenters. The van der Waals surface area contributed by atoms with Crippen molar-refractivity contribution in [3.8, 4) is 0 Å². The van der Waals surface area contributed by atoms with E-state index in [9.17, 15) is 14.4 Å². The molecular weight excluding hydrogens is 376 g/mol. The molecule has 0 fully saturated rings. The van der Waals surface area contributed by atoms with Crippen molar-refractivity contribution in [3.63, 3.8) is 0 Å². The Hall–Kier alpha value is -3.49. The van der Waals surface area contributed by atoms with Crippen LogP contribution in [0.2, 0.25) is 0 Å². The number of esters is 2. The summed E-state index contributed by atoms with van der Waals surface area (Å²) in [6.45, 7) is 7.40. The number of methoxy groups -OCH3 is 1. The van der Waals surface area contributed by atoms with Crippen LogP contribution >= 0.6 is 0 Å². The van der Waals surface area contributed by atoms with Gasteiger partial charge in [0.1, 0.15) is 5.52 Å². The predicted molar refractivity (Wildman–Crippen MR) is 104 cm³/mol. The van der Waals surface area contributed by atoms with E-state index in [1.807, 2.05) is 6.92 Å². The van der Waals surface area contributed by atoms with Crippen molar-refractivity contribution in [3.05, 3.63) is 46.3 Å². The number of rotatable bonds is 6. The van der Waals surface area contributed by atoms with Gasteiger partial charge >= 0.3 is 11.9 Å². The highest BCUT2D eigenvalue weighted by Crippen LogP contribution is 2.21. The van der Waals surface area contributed by atoms with Crippen molar-refractivity contribution in [1.29, 1.82) is 0 Å². The van der Waals surface area contributed by atoms with Crippen molar-refractivity contribution in [2.24, 2.45) is 0 Å². The maximum atomic E-state index is 12.8. The Kier molecular flexibility index (Phi) is 5.49. The largest absolute Gasteiger partial charge is 0.465 e. The van der Waals surface area contributed by atoms with Crippen LogP contribution in [-0.2, 0) is 16.0 Å². The van der Waals surface area contributed by atoms with Gasteiger partial charge in [0.25, 0.3) is 0 Å². The number of H-pyrrole nitrogens is 1. The van der Waals surface area contributed by atoms with E-state index in [2.05, 4.69) is 15.3 Å². The zero-order valence-corrected chi connectivity index (χ0v) is 16.9. The number of ketones is 1. The minimum atomic E-state index is -1.05.